The molecule has 3 aromatic rings. The predicted molar refractivity (Wildman–Crippen MR) is 79.9 cm³/mol. The smallest absolute Gasteiger partial charge is 0.127 e. The van der Waals surface area contributed by atoms with Crippen LogP contribution in [0.4, 0.5) is 4.39 Å². The number of aromatic nitrogens is 1. The Balaban J connectivity index is 1.89. The first kappa shape index (κ1) is 12.8. The fourth-order valence-corrected chi connectivity index (χ4v) is 2.31. The van der Waals surface area contributed by atoms with Crippen LogP contribution in [-0.4, -0.2) is 4.98 Å². The van der Waals surface area contributed by atoms with Crippen molar-refractivity contribution in [2.24, 2.45) is 0 Å². The molecule has 2 aromatic carbocycles. The van der Waals surface area contributed by atoms with Crippen LogP contribution in [0.25, 0.3) is 10.8 Å². The Kier molecular flexibility index (Phi) is 3.48. The molecular formula is C16H12FNOS. The van der Waals surface area contributed by atoms with Crippen LogP contribution in [0.15, 0.2) is 54.7 Å². The van der Waals surface area contributed by atoms with Gasteiger partial charge in [0.1, 0.15) is 22.8 Å². The van der Waals surface area contributed by atoms with Gasteiger partial charge in [-0.15, -0.1) is 0 Å². The van der Waals surface area contributed by atoms with E-state index in [2.05, 4.69) is 4.98 Å². The number of halogens is 1. The maximum Gasteiger partial charge on any atom is 0.127 e. The van der Waals surface area contributed by atoms with Gasteiger partial charge >= 0.3 is 0 Å². The fourth-order valence-electron chi connectivity index (χ4n) is 2.06. The number of hydrogen-bond donors (Lipinski definition) is 1. The Morgan fingerprint density at radius 2 is 1.80 bits per heavy atom. The van der Waals surface area contributed by atoms with Crippen molar-refractivity contribution in [1.82, 2.24) is 4.98 Å². The lowest BCUT2D eigenvalue weighted by Crippen LogP contribution is -1.96. The van der Waals surface area contributed by atoms with Gasteiger partial charge in [-0.2, -0.15) is 0 Å². The molecule has 2 nitrogen and oxygen atoms in total. The average molecular weight is 285 g/mol. The molecule has 0 saturated heterocycles. The van der Waals surface area contributed by atoms with Gasteiger partial charge in [-0.25, -0.2) is 4.39 Å². The number of aromatic amines is 1. The first-order valence-electron chi connectivity index (χ1n) is 6.22. The van der Waals surface area contributed by atoms with E-state index in [1.54, 1.807) is 18.3 Å². The lowest BCUT2D eigenvalue weighted by atomic mass is 10.1. The molecule has 0 spiro atoms. The summed E-state index contributed by atoms with van der Waals surface area (Å²) in [4.78, 5) is 3.00. The van der Waals surface area contributed by atoms with Gasteiger partial charge in [0.25, 0.3) is 0 Å². The van der Waals surface area contributed by atoms with E-state index in [1.165, 1.54) is 12.1 Å². The van der Waals surface area contributed by atoms with Crippen LogP contribution in [0.2, 0.25) is 0 Å². The molecule has 4 heteroatoms. The highest BCUT2D eigenvalue weighted by Gasteiger charge is 2.03. The molecule has 0 atom stereocenters. The summed E-state index contributed by atoms with van der Waals surface area (Å²) in [5.74, 6) is 0.525. The molecule has 0 aliphatic heterocycles. The Bertz CT molecular complexity index is 795. The molecular weight excluding hydrogens is 273 g/mol. The number of benzene rings is 2. The van der Waals surface area contributed by atoms with Gasteiger partial charge in [-0.05, 0) is 29.8 Å². The standard InChI is InChI=1S/C16H12FNOS/c17-12-6-4-11(5-7-12)10-19-15-3-1-2-14-13(15)8-9-18-16(14)20/h1-9H,10H2,(H,18,20). The molecule has 0 aliphatic rings. The molecule has 0 radical (unpaired) electrons. The molecule has 0 amide bonds. The van der Waals surface area contributed by atoms with E-state index in [0.717, 1.165) is 22.1 Å². The normalized spacial score (nSPS) is 10.7. The highest BCUT2D eigenvalue weighted by molar-refractivity contribution is 7.71. The summed E-state index contributed by atoms with van der Waals surface area (Å²) in [6.45, 7) is 0.394. The third kappa shape index (κ3) is 2.56. The van der Waals surface area contributed by atoms with Gasteiger partial charge in [-0.1, -0.05) is 36.5 Å². The molecule has 0 aliphatic carbocycles. The lowest BCUT2D eigenvalue weighted by molar-refractivity contribution is 0.310. The van der Waals surface area contributed by atoms with Crippen molar-refractivity contribution in [2.45, 2.75) is 6.61 Å². The summed E-state index contributed by atoms with van der Waals surface area (Å²) >= 11 is 5.25. The minimum Gasteiger partial charge on any atom is -0.488 e. The molecule has 0 bridgehead atoms. The zero-order chi connectivity index (χ0) is 13.9. The molecule has 3 rings (SSSR count). The SMILES string of the molecule is Fc1ccc(COc2cccc3c(=S)[nH]ccc23)cc1. The van der Waals surface area contributed by atoms with Crippen molar-refractivity contribution in [1.29, 1.82) is 0 Å². The van der Waals surface area contributed by atoms with E-state index in [9.17, 15) is 4.39 Å². The quantitative estimate of drug-likeness (QED) is 0.710. The fraction of sp³-hybridized carbons (Fsp3) is 0.0625. The van der Waals surface area contributed by atoms with Crippen LogP contribution < -0.4 is 4.74 Å². The topological polar surface area (TPSA) is 25.0 Å². The first-order valence-corrected chi connectivity index (χ1v) is 6.62. The maximum atomic E-state index is 12.8. The number of fused-ring (bicyclic) bond motifs is 1. The van der Waals surface area contributed by atoms with Crippen molar-refractivity contribution in [3.8, 4) is 5.75 Å². The molecule has 20 heavy (non-hydrogen) atoms. The molecule has 1 heterocycles. The third-order valence-corrected chi connectivity index (χ3v) is 3.42. The van der Waals surface area contributed by atoms with Crippen molar-refractivity contribution in [3.05, 3.63) is 70.7 Å². The van der Waals surface area contributed by atoms with E-state index in [-0.39, 0.29) is 5.82 Å². The number of pyridine rings is 1. The summed E-state index contributed by atoms with van der Waals surface area (Å²) in [6, 6.07) is 14.0. The van der Waals surface area contributed by atoms with Crippen molar-refractivity contribution in [3.63, 3.8) is 0 Å². The van der Waals surface area contributed by atoms with Gasteiger partial charge in [0.05, 0.1) is 0 Å². The number of H-pyrrole nitrogens is 1. The van der Waals surface area contributed by atoms with E-state index >= 15 is 0 Å². The van der Waals surface area contributed by atoms with Gasteiger partial charge < -0.3 is 9.72 Å². The molecule has 1 N–H and O–H groups in total. The summed E-state index contributed by atoms with van der Waals surface area (Å²) in [5.41, 5.74) is 0.921. The maximum absolute atomic E-state index is 12.8. The number of ether oxygens (including phenoxy) is 1. The van der Waals surface area contributed by atoms with Crippen molar-refractivity contribution < 1.29 is 9.13 Å². The Hall–Kier alpha value is -2.20. The van der Waals surface area contributed by atoms with Crippen LogP contribution in [0, 0.1) is 10.5 Å². The third-order valence-electron chi connectivity index (χ3n) is 3.08. The predicted octanol–water partition coefficient (Wildman–Crippen LogP) is 4.62. The molecule has 0 fully saturated rings. The zero-order valence-electron chi connectivity index (χ0n) is 10.6. The van der Waals surface area contributed by atoms with E-state index < -0.39 is 0 Å². The van der Waals surface area contributed by atoms with Gasteiger partial charge in [0.2, 0.25) is 0 Å². The summed E-state index contributed by atoms with van der Waals surface area (Å²) < 4.78 is 19.4. The molecule has 100 valence electrons. The van der Waals surface area contributed by atoms with Gasteiger partial charge in [0, 0.05) is 17.0 Å². The summed E-state index contributed by atoms with van der Waals surface area (Å²) in [5, 5.41) is 1.93. The van der Waals surface area contributed by atoms with Crippen molar-refractivity contribution in [2.75, 3.05) is 0 Å². The Labute approximate surface area is 120 Å². The van der Waals surface area contributed by atoms with Crippen LogP contribution in [0.1, 0.15) is 5.56 Å². The summed E-state index contributed by atoms with van der Waals surface area (Å²) in [7, 11) is 0. The van der Waals surface area contributed by atoms with E-state index in [0.29, 0.717) is 11.2 Å². The second kappa shape index (κ2) is 5.43. The zero-order valence-corrected chi connectivity index (χ0v) is 11.4. The lowest BCUT2D eigenvalue weighted by Gasteiger charge is -2.09. The van der Waals surface area contributed by atoms with E-state index in [4.69, 9.17) is 17.0 Å². The molecule has 0 unspecified atom stereocenters. The molecule has 1 aromatic heterocycles. The number of nitrogens with one attached hydrogen (secondary N) is 1. The highest BCUT2D eigenvalue weighted by Crippen LogP contribution is 2.26. The van der Waals surface area contributed by atoms with Crippen LogP contribution in [0.5, 0.6) is 5.75 Å². The number of rotatable bonds is 3. The monoisotopic (exact) mass is 285 g/mol. The average Bonchev–Trinajstić information content (AvgIpc) is 2.47. The molecule has 0 saturated carbocycles. The Morgan fingerprint density at radius 3 is 2.60 bits per heavy atom. The van der Waals surface area contributed by atoms with Crippen LogP contribution in [0.3, 0.4) is 0 Å². The Morgan fingerprint density at radius 1 is 1.00 bits per heavy atom. The number of hydrogen-bond acceptors (Lipinski definition) is 2. The second-order valence-corrected chi connectivity index (χ2v) is 4.85. The first-order chi connectivity index (χ1) is 9.74. The summed E-state index contributed by atoms with van der Waals surface area (Å²) in [6.07, 6.45) is 1.80. The van der Waals surface area contributed by atoms with E-state index in [1.807, 2.05) is 24.3 Å². The minimum absolute atomic E-state index is 0.245. The minimum atomic E-state index is -0.245. The van der Waals surface area contributed by atoms with Crippen LogP contribution in [-0.2, 0) is 6.61 Å². The van der Waals surface area contributed by atoms with Gasteiger partial charge in [-0.3, -0.25) is 0 Å². The highest BCUT2D eigenvalue weighted by atomic mass is 32.1. The van der Waals surface area contributed by atoms with Crippen LogP contribution >= 0.6 is 12.2 Å². The van der Waals surface area contributed by atoms with Crippen molar-refractivity contribution >= 4 is 23.0 Å². The largest absolute Gasteiger partial charge is 0.488 e. The van der Waals surface area contributed by atoms with Gasteiger partial charge in [0.15, 0.2) is 0 Å². The second-order valence-electron chi connectivity index (χ2n) is 4.44.